The molecule has 0 bridgehead atoms. The number of ketones is 1. The molecule has 1 saturated heterocycles. The van der Waals surface area contributed by atoms with Crippen LogP contribution < -0.4 is 10.2 Å². The van der Waals surface area contributed by atoms with Gasteiger partial charge in [-0.1, -0.05) is 11.6 Å². The number of rotatable bonds is 3. The van der Waals surface area contributed by atoms with Crippen molar-refractivity contribution < 1.29 is 14.4 Å². The van der Waals surface area contributed by atoms with E-state index >= 15 is 0 Å². The first-order chi connectivity index (χ1) is 13.4. The summed E-state index contributed by atoms with van der Waals surface area (Å²) in [5, 5.41) is 3.10. The Morgan fingerprint density at radius 2 is 1.71 bits per heavy atom. The quantitative estimate of drug-likeness (QED) is 0.808. The molecule has 144 valence electrons. The van der Waals surface area contributed by atoms with Crippen LogP contribution in [0.5, 0.6) is 0 Å². The molecule has 2 aromatic rings. The summed E-state index contributed by atoms with van der Waals surface area (Å²) in [6, 6.07) is 10.9. The number of carbonyl (C=O) groups excluding carboxylic acids is 3. The zero-order chi connectivity index (χ0) is 19.8. The van der Waals surface area contributed by atoms with Crippen molar-refractivity contribution in [2.24, 2.45) is 0 Å². The van der Waals surface area contributed by atoms with Gasteiger partial charge in [-0.15, -0.1) is 0 Å². The van der Waals surface area contributed by atoms with E-state index < -0.39 is 0 Å². The highest BCUT2D eigenvalue weighted by atomic mass is 35.5. The monoisotopic (exact) mass is 397 g/mol. The number of nitrogens with zero attached hydrogens (tertiary/aromatic N) is 2. The molecule has 0 spiro atoms. The summed E-state index contributed by atoms with van der Waals surface area (Å²) in [6.45, 7) is 4.12. The summed E-state index contributed by atoms with van der Waals surface area (Å²) in [7, 11) is 0. The van der Waals surface area contributed by atoms with E-state index in [1.54, 1.807) is 24.0 Å². The second-order valence-corrected chi connectivity index (χ2v) is 7.50. The average Bonchev–Trinajstić information content (AvgIpc) is 3.06. The number of hydrogen-bond acceptors (Lipinski definition) is 4. The number of anilines is 2. The number of hydrogen-bond donors (Lipinski definition) is 1. The topological polar surface area (TPSA) is 69.7 Å². The van der Waals surface area contributed by atoms with Crippen molar-refractivity contribution in [1.29, 1.82) is 0 Å². The zero-order valence-corrected chi connectivity index (χ0v) is 16.3. The van der Waals surface area contributed by atoms with E-state index in [2.05, 4.69) is 10.2 Å². The van der Waals surface area contributed by atoms with Gasteiger partial charge in [0.15, 0.2) is 5.78 Å². The van der Waals surface area contributed by atoms with Crippen LogP contribution in [-0.2, 0) is 11.2 Å². The van der Waals surface area contributed by atoms with Gasteiger partial charge in [-0.3, -0.25) is 14.4 Å². The van der Waals surface area contributed by atoms with Gasteiger partial charge < -0.3 is 15.1 Å². The lowest BCUT2D eigenvalue weighted by molar-refractivity contribution is -0.115. The maximum Gasteiger partial charge on any atom is 0.255 e. The summed E-state index contributed by atoms with van der Waals surface area (Å²) in [5.41, 5.74) is 3.66. The maximum absolute atomic E-state index is 12.9. The molecule has 1 N–H and O–H groups in total. The van der Waals surface area contributed by atoms with E-state index in [1.165, 1.54) is 0 Å². The van der Waals surface area contributed by atoms with E-state index in [4.69, 9.17) is 11.6 Å². The van der Waals surface area contributed by atoms with Crippen molar-refractivity contribution >= 4 is 40.6 Å². The molecule has 0 atom stereocenters. The van der Waals surface area contributed by atoms with E-state index in [-0.39, 0.29) is 24.0 Å². The van der Waals surface area contributed by atoms with Crippen LogP contribution in [0.25, 0.3) is 0 Å². The van der Waals surface area contributed by atoms with Gasteiger partial charge >= 0.3 is 0 Å². The summed E-state index contributed by atoms with van der Waals surface area (Å²) in [5.74, 6) is -0.149. The van der Waals surface area contributed by atoms with Crippen LogP contribution in [0.2, 0.25) is 5.02 Å². The Balaban J connectivity index is 1.44. The van der Waals surface area contributed by atoms with Gasteiger partial charge in [0.1, 0.15) is 0 Å². The zero-order valence-electron chi connectivity index (χ0n) is 15.5. The van der Waals surface area contributed by atoms with Gasteiger partial charge in [-0.25, -0.2) is 0 Å². The van der Waals surface area contributed by atoms with Crippen LogP contribution in [0.3, 0.4) is 0 Å². The second-order valence-electron chi connectivity index (χ2n) is 7.10. The molecule has 1 fully saturated rings. The smallest absolute Gasteiger partial charge is 0.255 e. The number of nitrogens with one attached hydrogen (secondary N) is 1. The lowest BCUT2D eigenvalue weighted by Crippen LogP contribution is -2.48. The van der Waals surface area contributed by atoms with E-state index in [0.29, 0.717) is 48.0 Å². The summed E-state index contributed by atoms with van der Waals surface area (Å²) < 4.78 is 0. The first kappa shape index (κ1) is 18.5. The van der Waals surface area contributed by atoms with Gasteiger partial charge in [0.25, 0.3) is 5.91 Å². The van der Waals surface area contributed by atoms with E-state index in [0.717, 1.165) is 11.3 Å². The van der Waals surface area contributed by atoms with Crippen molar-refractivity contribution in [3.05, 3.63) is 58.1 Å². The van der Waals surface area contributed by atoms with Gasteiger partial charge in [-0.05, 0) is 48.9 Å². The highest BCUT2D eigenvalue weighted by Gasteiger charge is 2.27. The van der Waals surface area contributed by atoms with Crippen molar-refractivity contribution in [3.63, 3.8) is 0 Å². The number of Topliss-reactive ketones (excluding diaryl/α,β-unsaturated/α-hetero) is 1. The summed E-state index contributed by atoms with van der Waals surface area (Å²) >= 11 is 6.30. The molecular formula is C21H20ClN3O3. The minimum absolute atomic E-state index is 0.0464. The maximum atomic E-state index is 12.9. The SMILES string of the molecule is CC(=O)c1ccc(N2CCN(C(=O)c3cc4c(cc3Cl)NC(=O)C4)CC2)cc1. The minimum atomic E-state index is -0.112. The van der Waals surface area contributed by atoms with Crippen molar-refractivity contribution in [2.75, 3.05) is 36.4 Å². The lowest BCUT2D eigenvalue weighted by Gasteiger charge is -2.36. The number of amides is 2. The third-order valence-corrected chi connectivity index (χ3v) is 5.57. The Bertz CT molecular complexity index is 964. The Morgan fingerprint density at radius 3 is 2.36 bits per heavy atom. The molecule has 2 aromatic carbocycles. The van der Waals surface area contributed by atoms with Crippen LogP contribution in [0.1, 0.15) is 33.2 Å². The molecule has 2 aliphatic rings. The molecule has 0 aromatic heterocycles. The molecule has 6 nitrogen and oxygen atoms in total. The van der Waals surface area contributed by atoms with E-state index in [9.17, 15) is 14.4 Å². The Morgan fingerprint density at radius 1 is 1.04 bits per heavy atom. The van der Waals surface area contributed by atoms with Crippen LogP contribution in [0.4, 0.5) is 11.4 Å². The van der Waals surface area contributed by atoms with Crippen LogP contribution >= 0.6 is 11.6 Å². The molecule has 2 amide bonds. The van der Waals surface area contributed by atoms with Crippen LogP contribution in [0.15, 0.2) is 36.4 Å². The predicted molar refractivity (Wildman–Crippen MR) is 108 cm³/mol. The van der Waals surface area contributed by atoms with Gasteiger partial charge in [0, 0.05) is 43.1 Å². The largest absolute Gasteiger partial charge is 0.368 e. The predicted octanol–water partition coefficient (Wildman–Crippen LogP) is 3.00. The van der Waals surface area contributed by atoms with Crippen molar-refractivity contribution in [3.8, 4) is 0 Å². The molecule has 7 heteroatoms. The number of carbonyl (C=O) groups is 3. The molecule has 0 saturated carbocycles. The fraction of sp³-hybridized carbons (Fsp3) is 0.286. The standard InChI is InChI=1S/C21H20ClN3O3/c1-13(26)14-2-4-16(5-3-14)24-6-8-25(9-7-24)21(28)17-10-15-11-20(27)23-19(15)12-18(17)22/h2-5,10,12H,6-9,11H2,1H3,(H,23,27). The highest BCUT2D eigenvalue weighted by Crippen LogP contribution is 2.31. The minimum Gasteiger partial charge on any atom is -0.368 e. The Hall–Kier alpha value is -2.86. The third kappa shape index (κ3) is 3.47. The normalized spacial score (nSPS) is 16.0. The molecule has 2 heterocycles. The van der Waals surface area contributed by atoms with Crippen LogP contribution in [0, 0.1) is 0 Å². The van der Waals surface area contributed by atoms with Gasteiger partial charge in [0.05, 0.1) is 17.0 Å². The molecule has 28 heavy (non-hydrogen) atoms. The first-order valence-electron chi connectivity index (χ1n) is 9.20. The van der Waals surface area contributed by atoms with Crippen molar-refractivity contribution in [2.45, 2.75) is 13.3 Å². The Kier molecular flexibility index (Phi) is 4.81. The van der Waals surface area contributed by atoms with Gasteiger partial charge in [0.2, 0.25) is 5.91 Å². The Labute approximate surface area is 168 Å². The molecule has 2 aliphatic heterocycles. The number of fused-ring (bicyclic) bond motifs is 1. The number of piperazine rings is 1. The fourth-order valence-electron chi connectivity index (χ4n) is 3.66. The second kappa shape index (κ2) is 7.28. The van der Waals surface area contributed by atoms with E-state index in [1.807, 2.05) is 24.3 Å². The molecule has 4 rings (SSSR count). The summed E-state index contributed by atoms with van der Waals surface area (Å²) in [4.78, 5) is 39.9. The summed E-state index contributed by atoms with van der Waals surface area (Å²) in [6.07, 6.45) is 0.275. The molecule has 0 aliphatic carbocycles. The molecular weight excluding hydrogens is 378 g/mol. The van der Waals surface area contributed by atoms with Crippen molar-refractivity contribution in [1.82, 2.24) is 4.90 Å². The molecule has 0 unspecified atom stereocenters. The first-order valence-corrected chi connectivity index (χ1v) is 9.57. The average molecular weight is 398 g/mol. The van der Waals surface area contributed by atoms with Crippen LogP contribution in [-0.4, -0.2) is 48.7 Å². The number of benzene rings is 2. The highest BCUT2D eigenvalue weighted by molar-refractivity contribution is 6.34. The third-order valence-electron chi connectivity index (χ3n) is 5.25. The molecule has 0 radical (unpaired) electrons. The fourth-order valence-corrected chi connectivity index (χ4v) is 3.90. The lowest BCUT2D eigenvalue weighted by atomic mass is 10.1. The van der Waals surface area contributed by atoms with Gasteiger partial charge in [-0.2, -0.15) is 0 Å². The number of halogens is 1.